The van der Waals surface area contributed by atoms with Gasteiger partial charge >= 0.3 is 0 Å². The fourth-order valence-corrected chi connectivity index (χ4v) is 5.84. The molecule has 30 heavy (non-hydrogen) atoms. The zero-order valence-corrected chi connectivity index (χ0v) is 19.2. The lowest BCUT2D eigenvalue weighted by molar-refractivity contribution is -0.119. The first-order valence-corrected chi connectivity index (χ1v) is 12.5. The Morgan fingerprint density at radius 2 is 2.03 bits per heavy atom. The Labute approximate surface area is 186 Å². The number of thioether (sulfide) groups is 1. The van der Waals surface area contributed by atoms with Crippen molar-refractivity contribution < 1.29 is 4.79 Å². The summed E-state index contributed by atoms with van der Waals surface area (Å²) < 4.78 is 2.19. The molecule has 5 nitrogen and oxygen atoms in total. The Hall–Kier alpha value is -2.12. The summed E-state index contributed by atoms with van der Waals surface area (Å²) in [6.07, 6.45) is 5.85. The summed E-state index contributed by atoms with van der Waals surface area (Å²) in [7, 11) is 0. The zero-order valence-electron chi connectivity index (χ0n) is 17.6. The number of carbonyl (C=O) groups is 1. The van der Waals surface area contributed by atoms with E-state index in [0.29, 0.717) is 5.75 Å². The number of nitrogens with zero attached hydrogens (tertiary/aromatic N) is 3. The minimum atomic E-state index is -0.0132. The van der Waals surface area contributed by atoms with Gasteiger partial charge in [-0.3, -0.25) is 4.79 Å². The summed E-state index contributed by atoms with van der Waals surface area (Å²) in [5.41, 5.74) is 3.81. The van der Waals surface area contributed by atoms with Gasteiger partial charge in [-0.25, -0.2) is 0 Å². The van der Waals surface area contributed by atoms with Crippen LogP contribution in [0.1, 0.15) is 55.2 Å². The lowest BCUT2D eigenvalue weighted by atomic mass is 9.95. The minimum Gasteiger partial charge on any atom is -0.349 e. The molecule has 3 aromatic rings. The van der Waals surface area contributed by atoms with Crippen molar-refractivity contribution in [1.82, 2.24) is 20.1 Å². The van der Waals surface area contributed by atoms with E-state index < -0.39 is 0 Å². The number of nitrogens with one attached hydrogen (secondary N) is 1. The van der Waals surface area contributed by atoms with Crippen LogP contribution < -0.4 is 5.32 Å². The lowest BCUT2D eigenvalue weighted by Crippen LogP contribution is -2.28. The molecule has 0 bridgehead atoms. The van der Waals surface area contributed by atoms with Crippen LogP contribution in [0.3, 0.4) is 0 Å². The van der Waals surface area contributed by atoms with E-state index in [9.17, 15) is 4.79 Å². The van der Waals surface area contributed by atoms with Crippen LogP contribution in [0.2, 0.25) is 0 Å². The highest BCUT2D eigenvalue weighted by Gasteiger charge is 2.22. The first kappa shape index (κ1) is 21.1. The van der Waals surface area contributed by atoms with Crippen molar-refractivity contribution >= 4 is 29.0 Å². The molecule has 0 spiro atoms. The Balaban J connectivity index is 1.46. The van der Waals surface area contributed by atoms with Crippen molar-refractivity contribution in [3.63, 3.8) is 0 Å². The van der Waals surface area contributed by atoms with Crippen LogP contribution in [-0.2, 0) is 24.2 Å². The van der Waals surface area contributed by atoms with Crippen molar-refractivity contribution in [3.05, 3.63) is 51.7 Å². The third-order valence-corrected chi connectivity index (χ3v) is 7.53. The van der Waals surface area contributed by atoms with Gasteiger partial charge in [0.25, 0.3) is 0 Å². The van der Waals surface area contributed by atoms with Crippen LogP contribution in [0.4, 0.5) is 0 Å². The van der Waals surface area contributed by atoms with E-state index in [1.54, 1.807) is 0 Å². The SMILES string of the molecule is CCCn1c(SCC(=O)NC(C)c2ccccc2)nnc1-c1csc2c1CCCC2. The van der Waals surface area contributed by atoms with E-state index in [1.807, 2.05) is 48.6 Å². The maximum atomic E-state index is 12.5. The monoisotopic (exact) mass is 440 g/mol. The van der Waals surface area contributed by atoms with Crippen molar-refractivity contribution in [1.29, 1.82) is 0 Å². The molecule has 2 heterocycles. The fourth-order valence-electron chi connectivity index (χ4n) is 3.94. The molecule has 1 atom stereocenters. The third-order valence-electron chi connectivity index (χ3n) is 5.48. The van der Waals surface area contributed by atoms with Gasteiger partial charge in [0.05, 0.1) is 11.8 Å². The van der Waals surface area contributed by atoms with Gasteiger partial charge in [-0.2, -0.15) is 0 Å². The Morgan fingerprint density at radius 1 is 1.23 bits per heavy atom. The van der Waals surface area contributed by atoms with Crippen molar-refractivity contribution in [2.45, 2.75) is 63.7 Å². The number of amides is 1. The molecule has 4 rings (SSSR count). The molecule has 1 aliphatic carbocycles. The molecular formula is C23H28N4OS2. The predicted molar refractivity (Wildman–Crippen MR) is 124 cm³/mol. The van der Waals surface area contributed by atoms with Crippen LogP contribution in [0.25, 0.3) is 11.4 Å². The normalized spacial score (nSPS) is 14.3. The molecule has 0 saturated carbocycles. The van der Waals surface area contributed by atoms with Gasteiger partial charge in [0.15, 0.2) is 11.0 Å². The second-order valence-electron chi connectivity index (χ2n) is 7.70. The molecule has 0 aliphatic heterocycles. The topological polar surface area (TPSA) is 59.8 Å². The highest BCUT2D eigenvalue weighted by Crippen LogP contribution is 2.36. The third kappa shape index (κ3) is 4.62. The van der Waals surface area contributed by atoms with E-state index in [2.05, 4.69) is 32.4 Å². The molecule has 1 unspecified atom stereocenters. The molecule has 0 radical (unpaired) electrons. The van der Waals surface area contributed by atoms with Crippen molar-refractivity contribution in [2.75, 3.05) is 5.75 Å². The molecule has 158 valence electrons. The van der Waals surface area contributed by atoms with E-state index in [-0.39, 0.29) is 11.9 Å². The first-order chi connectivity index (χ1) is 14.7. The molecule has 1 aliphatic rings. The van der Waals surface area contributed by atoms with E-state index in [4.69, 9.17) is 0 Å². The molecule has 1 amide bonds. The largest absolute Gasteiger partial charge is 0.349 e. The van der Waals surface area contributed by atoms with Crippen LogP contribution in [0.15, 0.2) is 40.9 Å². The highest BCUT2D eigenvalue weighted by molar-refractivity contribution is 7.99. The fraction of sp³-hybridized carbons (Fsp3) is 0.435. The number of hydrogen-bond donors (Lipinski definition) is 1. The average Bonchev–Trinajstić information content (AvgIpc) is 3.37. The van der Waals surface area contributed by atoms with Gasteiger partial charge in [0.1, 0.15) is 0 Å². The number of hydrogen-bond acceptors (Lipinski definition) is 5. The van der Waals surface area contributed by atoms with Gasteiger partial charge in [-0.15, -0.1) is 21.5 Å². The van der Waals surface area contributed by atoms with Crippen LogP contribution in [0.5, 0.6) is 0 Å². The van der Waals surface area contributed by atoms with Gasteiger partial charge in [0.2, 0.25) is 5.91 Å². The number of aromatic nitrogens is 3. The number of rotatable bonds is 8. The standard InChI is InChI=1S/C23H28N4OS2/c1-3-13-27-22(19-14-29-20-12-8-7-11-18(19)20)25-26-23(27)30-15-21(28)24-16(2)17-9-5-4-6-10-17/h4-6,9-10,14,16H,3,7-8,11-13,15H2,1-2H3,(H,24,28). The molecule has 0 saturated heterocycles. The maximum Gasteiger partial charge on any atom is 0.230 e. The number of fused-ring (bicyclic) bond motifs is 1. The van der Waals surface area contributed by atoms with Gasteiger partial charge in [-0.1, -0.05) is 49.0 Å². The smallest absolute Gasteiger partial charge is 0.230 e. The van der Waals surface area contributed by atoms with E-state index in [1.165, 1.54) is 47.0 Å². The molecule has 2 aromatic heterocycles. The Kier molecular flexibility index (Phi) is 6.89. The number of aryl methyl sites for hydroxylation is 1. The summed E-state index contributed by atoms with van der Waals surface area (Å²) in [5, 5.41) is 15.1. The Bertz CT molecular complexity index is 996. The molecule has 0 fully saturated rings. The quantitative estimate of drug-likeness (QED) is 0.485. The highest BCUT2D eigenvalue weighted by atomic mass is 32.2. The summed E-state index contributed by atoms with van der Waals surface area (Å²) in [6.45, 7) is 5.03. The van der Waals surface area contributed by atoms with Crippen molar-refractivity contribution in [3.8, 4) is 11.4 Å². The second kappa shape index (κ2) is 9.79. The predicted octanol–water partition coefficient (Wildman–Crippen LogP) is 5.26. The number of carbonyl (C=O) groups excluding carboxylic acids is 1. The lowest BCUT2D eigenvalue weighted by Gasteiger charge is -2.15. The molecule has 7 heteroatoms. The van der Waals surface area contributed by atoms with Crippen LogP contribution in [-0.4, -0.2) is 26.4 Å². The summed E-state index contributed by atoms with van der Waals surface area (Å²) in [4.78, 5) is 14.0. The summed E-state index contributed by atoms with van der Waals surface area (Å²) in [5.74, 6) is 1.30. The van der Waals surface area contributed by atoms with Gasteiger partial charge in [0, 0.05) is 22.4 Å². The zero-order chi connectivity index (χ0) is 20.9. The van der Waals surface area contributed by atoms with Crippen LogP contribution >= 0.6 is 23.1 Å². The first-order valence-electron chi connectivity index (χ1n) is 10.7. The Morgan fingerprint density at radius 3 is 2.83 bits per heavy atom. The van der Waals surface area contributed by atoms with E-state index >= 15 is 0 Å². The van der Waals surface area contributed by atoms with Crippen molar-refractivity contribution in [2.24, 2.45) is 0 Å². The molecular weight excluding hydrogens is 412 g/mol. The minimum absolute atomic E-state index is 0.0110. The van der Waals surface area contributed by atoms with Gasteiger partial charge in [-0.05, 0) is 50.2 Å². The molecule has 1 N–H and O–H groups in total. The molecule has 1 aromatic carbocycles. The van der Waals surface area contributed by atoms with Gasteiger partial charge < -0.3 is 9.88 Å². The maximum absolute atomic E-state index is 12.5. The second-order valence-corrected chi connectivity index (χ2v) is 9.61. The average molecular weight is 441 g/mol. The van der Waals surface area contributed by atoms with E-state index in [0.717, 1.165) is 35.9 Å². The summed E-state index contributed by atoms with van der Waals surface area (Å²) in [6, 6.07) is 10.0. The number of benzene rings is 1. The van der Waals surface area contributed by atoms with Crippen LogP contribution in [0, 0.1) is 0 Å². The number of thiophene rings is 1. The summed E-state index contributed by atoms with van der Waals surface area (Å²) >= 11 is 3.32.